The molecule has 1 aromatic rings. The molecule has 4 amide bonds. The lowest BCUT2D eigenvalue weighted by Gasteiger charge is -2.39. The maximum atomic E-state index is 13.5. The number of amides is 4. The zero-order valence-corrected chi connectivity index (χ0v) is 22.1. The van der Waals surface area contributed by atoms with Gasteiger partial charge < -0.3 is 29.1 Å². The van der Waals surface area contributed by atoms with Gasteiger partial charge in [-0.25, -0.2) is 4.79 Å². The molecule has 3 heterocycles. The average Bonchev–Trinajstić information content (AvgIpc) is 2.93. The second-order valence-corrected chi connectivity index (χ2v) is 9.91. The molecule has 0 aromatic heterocycles. The summed E-state index contributed by atoms with van der Waals surface area (Å²) in [6.07, 6.45) is 5.34. The van der Waals surface area contributed by atoms with Crippen molar-refractivity contribution in [3.63, 3.8) is 0 Å². The molecule has 2 atom stereocenters. The minimum absolute atomic E-state index is 0.00397. The first kappa shape index (κ1) is 27.0. The van der Waals surface area contributed by atoms with Crippen LogP contribution in [0.1, 0.15) is 32.3 Å². The van der Waals surface area contributed by atoms with Crippen molar-refractivity contribution in [3.8, 4) is 5.75 Å². The van der Waals surface area contributed by atoms with Gasteiger partial charge in [0.15, 0.2) is 0 Å². The summed E-state index contributed by atoms with van der Waals surface area (Å²) in [7, 11) is 0. The van der Waals surface area contributed by atoms with Crippen LogP contribution in [0.4, 0.5) is 4.79 Å². The van der Waals surface area contributed by atoms with Crippen molar-refractivity contribution in [1.29, 1.82) is 0 Å². The SMILES string of the molecule is CCN(CC)C(=O)C[C@@H]1CCN2C[C@@H]1C=CCOc1ccccc1CN(C(=O)N1CCOCC1)CC2=O. The van der Waals surface area contributed by atoms with Crippen molar-refractivity contribution in [2.45, 2.75) is 33.2 Å². The van der Waals surface area contributed by atoms with E-state index in [1.807, 2.05) is 54.0 Å². The van der Waals surface area contributed by atoms with E-state index in [2.05, 4.69) is 6.08 Å². The third kappa shape index (κ3) is 6.83. The maximum Gasteiger partial charge on any atom is 0.320 e. The molecule has 1 aromatic carbocycles. The van der Waals surface area contributed by atoms with E-state index in [4.69, 9.17) is 9.47 Å². The van der Waals surface area contributed by atoms with Crippen molar-refractivity contribution < 1.29 is 23.9 Å². The van der Waals surface area contributed by atoms with Gasteiger partial charge in [0.05, 0.1) is 19.8 Å². The molecular formula is C28H40N4O5. The largest absolute Gasteiger partial charge is 0.489 e. The standard InChI is InChI=1S/C28H40N4O5/c1-3-29(4-2)26(33)18-22-11-12-31-19-23(22)9-7-15-37-25-10-6-5-8-24(25)20-32(21-27(31)34)28(35)30-13-16-36-17-14-30/h5-10,22-23H,3-4,11-21H2,1-2H3/t22-,23-/m0/s1. The Hall–Kier alpha value is -3.07. The summed E-state index contributed by atoms with van der Waals surface area (Å²) < 4.78 is 11.5. The van der Waals surface area contributed by atoms with Gasteiger partial charge in [0, 0.05) is 51.3 Å². The number of fused-ring (bicyclic) bond motifs is 3. The Kier molecular flexibility index (Phi) is 9.44. The first-order chi connectivity index (χ1) is 18.0. The topological polar surface area (TPSA) is 82.6 Å². The maximum absolute atomic E-state index is 13.5. The lowest BCUT2D eigenvalue weighted by Crippen LogP contribution is -2.52. The van der Waals surface area contributed by atoms with Crippen LogP contribution >= 0.6 is 0 Å². The number of benzene rings is 1. The number of urea groups is 1. The number of carbonyl (C=O) groups excluding carboxylic acids is 3. The van der Waals surface area contributed by atoms with E-state index >= 15 is 0 Å². The number of para-hydroxylation sites is 1. The number of morpholine rings is 1. The smallest absolute Gasteiger partial charge is 0.320 e. The Labute approximate surface area is 220 Å². The molecule has 0 unspecified atom stereocenters. The van der Waals surface area contributed by atoms with Gasteiger partial charge in [-0.3, -0.25) is 9.59 Å². The monoisotopic (exact) mass is 512 g/mol. The summed E-state index contributed by atoms with van der Waals surface area (Å²) in [4.78, 5) is 47.0. The molecular weight excluding hydrogens is 472 g/mol. The summed E-state index contributed by atoms with van der Waals surface area (Å²) in [5, 5.41) is 0. The number of hydrogen-bond acceptors (Lipinski definition) is 5. The highest BCUT2D eigenvalue weighted by molar-refractivity contribution is 5.84. The molecule has 202 valence electrons. The number of hydrogen-bond donors (Lipinski definition) is 0. The minimum atomic E-state index is -0.157. The van der Waals surface area contributed by atoms with Crippen LogP contribution in [0.2, 0.25) is 0 Å². The molecule has 3 aliphatic rings. The molecule has 37 heavy (non-hydrogen) atoms. The first-order valence-corrected chi connectivity index (χ1v) is 13.5. The molecule has 0 N–H and O–H groups in total. The predicted molar refractivity (Wildman–Crippen MR) is 140 cm³/mol. The van der Waals surface area contributed by atoms with E-state index in [0.29, 0.717) is 77.8 Å². The van der Waals surface area contributed by atoms with Crippen LogP contribution in [0, 0.1) is 11.8 Å². The van der Waals surface area contributed by atoms with Crippen LogP contribution in [0.15, 0.2) is 36.4 Å². The highest BCUT2D eigenvalue weighted by atomic mass is 16.5. The Morgan fingerprint density at radius 3 is 2.54 bits per heavy atom. The van der Waals surface area contributed by atoms with Gasteiger partial charge in [0.1, 0.15) is 18.9 Å². The summed E-state index contributed by atoms with van der Waals surface area (Å²) in [6.45, 7) is 9.24. The molecule has 2 bridgehead atoms. The highest BCUT2D eigenvalue weighted by Crippen LogP contribution is 2.29. The number of piperidine rings is 1. The van der Waals surface area contributed by atoms with Gasteiger partial charge >= 0.3 is 6.03 Å². The van der Waals surface area contributed by atoms with Crippen LogP contribution in [-0.2, 0) is 20.9 Å². The van der Waals surface area contributed by atoms with Crippen LogP contribution in [0.25, 0.3) is 0 Å². The Bertz CT molecular complexity index is 973. The second-order valence-electron chi connectivity index (χ2n) is 9.91. The second kappa shape index (κ2) is 12.9. The number of ether oxygens (including phenoxy) is 2. The quantitative estimate of drug-likeness (QED) is 0.580. The van der Waals surface area contributed by atoms with E-state index < -0.39 is 0 Å². The van der Waals surface area contributed by atoms with Crippen molar-refractivity contribution in [3.05, 3.63) is 42.0 Å². The number of carbonyl (C=O) groups is 3. The number of rotatable bonds is 4. The van der Waals surface area contributed by atoms with E-state index in [-0.39, 0.29) is 36.2 Å². The zero-order chi connectivity index (χ0) is 26.2. The lowest BCUT2D eigenvalue weighted by molar-refractivity contribution is -0.135. The fourth-order valence-electron chi connectivity index (χ4n) is 5.42. The van der Waals surface area contributed by atoms with Gasteiger partial charge in [0.25, 0.3) is 0 Å². The fourth-order valence-corrected chi connectivity index (χ4v) is 5.42. The highest BCUT2D eigenvalue weighted by Gasteiger charge is 2.34. The molecule has 0 spiro atoms. The minimum Gasteiger partial charge on any atom is -0.489 e. The molecule has 3 aliphatic heterocycles. The van der Waals surface area contributed by atoms with E-state index in [9.17, 15) is 14.4 Å². The number of nitrogens with zero attached hydrogens (tertiary/aromatic N) is 4. The average molecular weight is 513 g/mol. The fraction of sp³-hybridized carbons (Fsp3) is 0.607. The van der Waals surface area contributed by atoms with Gasteiger partial charge in [-0.1, -0.05) is 30.4 Å². The zero-order valence-electron chi connectivity index (χ0n) is 22.1. The van der Waals surface area contributed by atoms with Gasteiger partial charge in [-0.2, -0.15) is 0 Å². The van der Waals surface area contributed by atoms with Crippen molar-refractivity contribution in [2.75, 3.05) is 65.6 Å². The molecule has 4 rings (SSSR count). The Morgan fingerprint density at radius 2 is 1.78 bits per heavy atom. The molecule has 9 heteroatoms. The molecule has 9 nitrogen and oxygen atoms in total. The molecule has 0 aliphatic carbocycles. The molecule has 0 saturated carbocycles. The summed E-state index contributed by atoms with van der Waals surface area (Å²) >= 11 is 0. The lowest BCUT2D eigenvalue weighted by atomic mass is 9.82. The normalized spacial score (nSPS) is 22.8. The predicted octanol–water partition coefficient (Wildman–Crippen LogP) is 2.61. The van der Waals surface area contributed by atoms with Crippen LogP contribution in [0.5, 0.6) is 5.75 Å². The van der Waals surface area contributed by atoms with Crippen LogP contribution in [-0.4, -0.2) is 103 Å². The van der Waals surface area contributed by atoms with Crippen LogP contribution in [0.3, 0.4) is 0 Å². The van der Waals surface area contributed by atoms with Gasteiger partial charge in [0.2, 0.25) is 11.8 Å². The summed E-state index contributed by atoms with van der Waals surface area (Å²) in [5.41, 5.74) is 0.866. The Balaban J connectivity index is 1.56. The van der Waals surface area contributed by atoms with Crippen LogP contribution < -0.4 is 4.74 Å². The third-order valence-electron chi connectivity index (χ3n) is 7.64. The Morgan fingerprint density at radius 1 is 1.03 bits per heavy atom. The third-order valence-corrected chi connectivity index (χ3v) is 7.64. The van der Waals surface area contributed by atoms with Crippen molar-refractivity contribution in [1.82, 2.24) is 19.6 Å². The molecule has 2 saturated heterocycles. The molecule has 2 fully saturated rings. The van der Waals surface area contributed by atoms with Crippen molar-refractivity contribution in [2.24, 2.45) is 11.8 Å². The molecule has 0 radical (unpaired) electrons. The van der Waals surface area contributed by atoms with Crippen molar-refractivity contribution >= 4 is 17.8 Å². The van der Waals surface area contributed by atoms with E-state index in [0.717, 1.165) is 12.0 Å². The summed E-state index contributed by atoms with van der Waals surface area (Å²) in [5.74, 6) is 1.02. The van der Waals surface area contributed by atoms with E-state index in [1.165, 1.54) is 0 Å². The van der Waals surface area contributed by atoms with Gasteiger partial charge in [-0.05, 0) is 38.2 Å². The first-order valence-electron chi connectivity index (χ1n) is 13.5. The summed E-state index contributed by atoms with van der Waals surface area (Å²) in [6, 6.07) is 7.51. The van der Waals surface area contributed by atoms with Gasteiger partial charge in [-0.15, -0.1) is 0 Å². The van der Waals surface area contributed by atoms with E-state index in [1.54, 1.807) is 9.80 Å².